The molecule has 0 radical (unpaired) electrons. The van der Waals surface area contributed by atoms with Crippen LogP contribution < -0.4 is 5.32 Å². The summed E-state index contributed by atoms with van der Waals surface area (Å²) in [7, 11) is 0. The summed E-state index contributed by atoms with van der Waals surface area (Å²) in [5.74, 6) is -0.0356. The molecule has 0 unspecified atom stereocenters. The maximum absolute atomic E-state index is 12.1. The second-order valence-corrected chi connectivity index (χ2v) is 6.15. The molecule has 0 atom stereocenters. The molecule has 118 valence electrons. The van der Waals surface area contributed by atoms with Gasteiger partial charge in [-0.1, -0.05) is 12.1 Å². The van der Waals surface area contributed by atoms with Crippen LogP contribution in [0.3, 0.4) is 0 Å². The minimum absolute atomic E-state index is 0.0814. The maximum Gasteiger partial charge on any atom is 0.243 e. The van der Waals surface area contributed by atoms with Crippen LogP contribution in [-0.4, -0.2) is 47.8 Å². The third-order valence-electron chi connectivity index (χ3n) is 4.32. The lowest BCUT2D eigenvalue weighted by atomic mass is 10.2. The first-order chi connectivity index (χ1) is 10.7. The normalized spacial score (nSPS) is 18.9. The molecule has 2 aliphatic heterocycles. The summed E-state index contributed by atoms with van der Waals surface area (Å²) in [6.07, 6.45) is 3.98. The molecular weight excluding hydrogens is 278 g/mol. The number of hydrogen-bond donors (Lipinski definition) is 1. The Morgan fingerprint density at radius 2 is 1.95 bits per heavy atom. The topological polar surface area (TPSA) is 52.7 Å². The number of hydrogen-bond acceptors (Lipinski definition) is 3. The second kappa shape index (κ2) is 6.92. The zero-order valence-electron chi connectivity index (χ0n) is 12.9. The first-order valence-corrected chi connectivity index (χ1v) is 8.10. The second-order valence-electron chi connectivity index (χ2n) is 6.15. The van der Waals surface area contributed by atoms with Crippen molar-refractivity contribution in [3.63, 3.8) is 0 Å². The number of rotatable bonds is 5. The Morgan fingerprint density at radius 3 is 2.68 bits per heavy atom. The van der Waals surface area contributed by atoms with Crippen LogP contribution in [0.4, 0.5) is 5.69 Å². The molecule has 1 aromatic carbocycles. The third-order valence-corrected chi connectivity index (χ3v) is 4.32. The predicted molar refractivity (Wildman–Crippen MR) is 85.4 cm³/mol. The number of nitrogens with one attached hydrogen (secondary N) is 1. The van der Waals surface area contributed by atoms with E-state index in [4.69, 9.17) is 0 Å². The minimum atomic E-state index is -0.117. The quantitative estimate of drug-likeness (QED) is 0.903. The molecule has 2 saturated heterocycles. The van der Waals surface area contributed by atoms with E-state index in [9.17, 15) is 9.59 Å². The molecule has 3 rings (SSSR count). The summed E-state index contributed by atoms with van der Waals surface area (Å²) in [5.41, 5.74) is 2.03. The van der Waals surface area contributed by atoms with Gasteiger partial charge in [0.2, 0.25) is 11.8 Å². The lowest BCUT2D eigenvalue weighted by Gasteiger charge is -2.17. The fourth-order valence-electron chi connectivity index (χ4n) is 3.19. The van der Waals surface area contributed by atoms with Crippen molar-refractivity contribution in [1.29, 1.82) is 0 Å². The first kappa shape index (κ1) is 15.0. The van der Waals surface area contributed by atoms with Gasteiger partial charge in [0.15, 0.2) is 0 Å². The summed E-state index contributed by atoms with van der Waals surface area (Å²) in [6.45, 7) is 4.12. The summed E-state index contributed by atoms with van der Waals surface area (Å²) >= 11 is 0. The molecule has 1 aromatic rings. The molecule has 0 aromatic heterocycles. The van der Waals surface area contributed by atoms with Crippen LogP contribution in [0.1, 0.15) is 31.2 Å². The van der Waals surface area contributed by atoms with Gasteiger partial charge in [-0.2, -0.15) is 0 Å². The van der Waals surface area contributed by atoms with Crippen LogP contribution in [0.25, 0.3) is 0 Å². The average Bonchev–Trinajstić information content (AvgIpc) is 3.12. The van der Waals surface area contributed by atoms with Gasteiger partial charge in [-0.15, -0.1) is 0 Å². The van der Waals surface area contributed by atoms with Crippen LogP contribution in [0.5, 0.6) is 0 Å². The van der Waals surface area contributed by atoms with Crippen molar-refractivity contribution >= 4 is 17.5 Å². The van der Waals surface area contributed by atoms with E-state index in [1.165, 1.54) is 18.4 Å². The predicted octanol–water partition coefficient (Wildman–Crippen LogP) is 1.84. The monoisotopic (exact) mass is 301 g/mol. The van der Waals surface area contributed by atoms with E-state index in [0.717, 1.165) is 31.7 Å². The molecule has 0 aliphatic carbocycles. The van der Waals surface area contributed by atoms with Gasteiger partial charge in [0, 0.05) is 25.2 Å². The molecule has 22 heavy (non-hydrogen) atoms. The summed E-state index contributed by atoms with van der Waals surface area (Å²) in [5, 5.41) is 2.90. The third kappa shape index (κ3) is 3.85. The number of nitrogens with zero attached hydrogens (tertiary/aromatic N) is 2. The Labute approximate surface area is 131 Å². The Kier molecular flexibility index (Phi) is 4.73. The van der Waals surface area contributed by atoms with Crippen molar-refractivity contribution < 1.29 is 9.59 Å². The van der Waals surface area contributed by atoms with Crippen molar-refractivity contribution in [1.82, 2.24) is 9.80 Å². The van der Waals surface area contributed by atoms with E-state index in [0.29, 0.717) is 13.0 Å². The van der Waals surface area contributed by atoms with E-state index in [1.807, 2.05) is 18.2 Å². The molecule has 0 saturated carbocycles. The number of benzene rings is 1. The Balaban J connectivity index is 1.55. The average molecular weight is 301 g/mol. The highest BCUT2D eigenvalue weighted by atomic mass is 16.2. The molecule has 2 heterocycles. The SMILES string of the molecule is O=C(CN1CCCC1=O)Nc1cccc(CN2CCCC2)c1. The summed E-state index contributed by atoms with van der Waals surface area (Å²) in [4.78, 5) is 27.7. The molecule has 5 heteroatoms. The Bertz CT molecular complexity index is 553. The van der Waals surface area contributed by atoms with Gasteiger partial charge < -0.3 is 10.2 Å². The Hall–Kier alpha value is -1.88. The number of amides is 2. The number of likely N-dealkylation sites (tertiary alicyclic amines) is 2. The lowest BCUT2D eigenvalue weighted by Crippen LogP contribution is -2.33. The minimum Gasteiger partial charge on any atom is -0.333 e. The van der Waals surface area contributed by atoms with E-state index in [2.05, 4.69) is 16.3 Å². The van der Waals surface area contributed by atoms with Crippen molar-refractivity contribution in [2.75, 3.05) is 31.5 Å². The van der Waals surface area contributed by atoms with Gasteiger partial charge in [-0.05, 0) is 50.0 Å². The van der Waals surface area contributed by atoms with Crippen molar-refractivity contribution in [3.05, 3.63) is 29.8 Å². The highest BCUT2D eigenvalue weighted by Gasteiger charge is 2.22. The van der Waals surface area contributed by atoms with Crippen molar-refractivity contribution in [2.24, 2.45) is 0 Å². The zero-order valence-corrected chi connectivity index (χ0v) is 12.9. The van der Waals surface area contributed by atoms with Crippen LogP contribution in [0.2, 0.25) is 0 Å². The highest BCUT2D eigenvalue weighted by Crippen LogP contribution is 2.16. The van der Waals surface area contributed by atoms with Crippen LogP contribution >= 0.6 is 0 Å². The molecule has 1 N–H and O–H groups in total. The van der Waals surface area contributed by atoms with Crippen LogP contribution in [0.15, 0.2) is 24.3 Å². The maximum atomic E-state index is 12.1. The first-order valence-electron chi connectivity index (χ1n) is 8.10. The standard InChI is InChI=1S/C17H23N3O2/c21-16(13-20-10-4-7-17(20)22)18-15-6-3-5-14(11-15)12-19-8-1-2-9-19/h3,5-6,11H,1-2,4,7-10,12-13H2,(H,18,21). The van der Waals surface area contributed by atoms with Crippen LogP contribution in [-0.2, 0) is 16.1 Å². The summed E-state index contributed by atoms with van der Waals surface area (Å²) in [6, 6.07) is 8.00. The van der Waals surface area contributed by atoms with E-state index in [1.54, 1.807) is 4.90 Å². The lowest BCUT2D eigenvalue weighted by molar-refractivity contribution is -0.131. The Morgan fingerprint density at radius 1 is 1.14 bits per heavy atom. The molecule has 2 amide bonds. The molecular formula is C17H23N3O2. The van der Waals surface area contributed by atoms with Crippen molar-refractivity contribution in [2.45, 2.75) is 32.2 Å². The van der Waals surface area contributed by atoms with E-state index in [-0.39, 0.29) is 18.4 Å². The van der Waals surface area contributed by atoms with Gasteiger partial charge >= 0.3 is 0 Å². The number of carbonyl (C=O) groups excluding carboxylic acids is 2. The van der Waals surface area contributed by atoms with Gasteiger partial charge in [0.1, 0.15) is 0 Å². The smallest absolute Gasteiger partial charge is 0.243 e. The van der Waals surface area contributed by atoms with Gasteiger partial charge in [-0.25, -0.2) is 0 Å². The molecule has 0 spiro atoms. The molecule has 2 fully saturated rings. The fourth-order valence-corrected chi connectivity index (χ4v) is 3.19. The molecule has 5 nitrogen and oxygen atoms in total. The number of carbonyl (C=O) groups is 2. The fraction of sp³-hybridized carbons (Fsp3) is 0.529. The summed E-state index contributed by atoms with van der Waals surface area (Å²) < 4.78 is 0. The van der Waals surface area contributed by atoms with Crippen molar-refractivity contribution in [3.8, 4) is 0 Å². The van der Waals surface area contributed by atoms with E-state index >= 15 is 0 Å². The van der Waals surface area contributed by atoms with Crippen LogP contribution in [0, 0.1) is 0 Å². The molecule has 2 aliphatic rings. The number of anilines is 1. The molecule has 0 bridgehead atoms. The van der Waals surface area contributed by atoms with E-state index < -0.39 is 0 Å². The highest BCUT2D eigenvalue weighted by molar-refractivity contribution is 5.94. The van der Waals surface area contributed by atoms with Gasteiger partial charge in [0.25, 0.3) is 0 Å². The van der Waals surface area contributed by atoms with Gasteiger partial charge in [0.05, 0.1) is 6.54 Å². The zero-order chi connectivity index (χ0) is 15.4. The van der Waals surface area contributed by atoms with Gasteiger partial charge in [-0.3, -0.25) is 14.5 Å². The largest absolute Gasteiger partial charge is 0.333 e.